The third kappa shape index (κ3) is 5.07. The molecule has 2 unspecified atom stereocenters. The first-order chi connectivity index (χ1) is 17.4. The highest BCUT2D eigenvalue weighted by Gasteiger charge is 2.24. The van der Waals surface area contributed by atoms with Crippen LogP contribution in [0.1, 0.15) is 23.2 Å². The average molecular weight is 488 g/mol. The van der Waals surface area contributed by atoms with Gasteiger partial charge < -0.3 is 19.7 Å². The van der Waals surface area contributed by atoms with Crippen molar-refractivity contribution in [2.24, 2.45) is 5.92 Å². The van der Waals surface area contributed by atoms with Crippen LogP contribution in [-0.2, 0) is 22.5 Å². The van der Waals surface area contributed by atoms with Crippen LogP contribution in [0.25, 0.3) is 17.2 Å². The zero-order chi connectivity index (χ0) is 25.2. The van der Waals surface area contributed by atoms with Crippen molar-refractivity contribution < 1.29 is 14.6 Å². The quantitative estimate of drug-likeness (QED) is 0.433. The molecule has 2 atom stereocenters. The molecule has 1 aliphatic rings. The fourth-order valence-corrected chi connectivity index (χ4v) is 4.47. The van der Waals surface area contributed by atoms with Gasteiger partial charge in [-0.3, -0.25) is 9.59 Å². The van der Waals surface area contributed by atoms with E-state index in [4.69, 9.17) is 4.74 Å². The number of aromatic nitrogens is 4. The van der Waals surface area contributed by atoms with Gasteiger partial charge in [-0.2, -0.15) is 9.50 Å². The van der Waals surface area contributed by atoms with E-state index >= 15 is 0 Å². The number of aryl methyl sites for hydroxylation is 2. The van der Waals surface area contributed by atoms with E-state index in [1.165, 1.54) is 10.6 Å². The number of aliphatic hydroxyl groups is 1. The number of hydrogen-bond donors (Lipinski definition) is 2. The van der Waals surface area contributed by atoms with Gasteiger partial charge in [0.05, 0.1) is 12.7 Å². The number of amides is 1. The summed E-state index contributed by atoms with van der Waals surface area (Å²) in [7, 11) is 0. The van der Waals surface area contributed by atoms with Crippen LogP contribution in [0.2, 0.25) is 0 Å². The monoisotopic (exact) mass is 487 g/mol. The molecule has 1 saturated heterocycles. The molecular weight excluding hydrogens is 458 g/mol. The van der Waals surface area contributed by atoms with Crippen LogP contribution in [0.4, 0.5) is 5.69 Å². The molecule has 2 aromatic carbocycles. The van der Waals surface area contributed by atoms with Crippen molar-refractivity contribution in [1.29, 1.82) is 0 Å². The fourth-order valence-electron chi connectivity index (χ4n) is 4.47. The van der Waals surface area contributed by atoms with Crippen molar-refractivity contribution in [3.63, 3.8) is 0 Å². The average Bonchev–Trinajstić information content (AvgIpc) is 3.31. The van der Waals surface area contributed by atoms with Crippen LogP contribution < -0.4 is 10.9 Å². The number of fused-ring (bicyclic) bond motifs is 1. The molecule has 1 fully saturated rings. The molecule has 9 heteroatoms. The van der Waals surface area contributed by atoms with Crippen molar-refractivity contribution in [1.82, 2.24) is 19.2 Å². The number of ether oxygens (including phenoxy) is 1. The Bertz CT molecular complexity index is 1440. The molecule has 9 nitrogen and oxygen atoms in total. The minimum Gasteiger partial charge on any atom is -0.393 e. The topological polar surface area (TPSA) is 111 Å². The summed E-state index contributed by atoms with van der Waals surface area (Å²) in [5.74, 6) is 0.558. The second-order valence-corrected chi connectivity index (χ2v) is 9.36. The highest BCUT2D eigenvalue weighted by Crippen LogP contribution is 2.22. The first kappa shape index (κ1) is 23.9. The first-order valence-electron chi connectivity index (χ1n) is 12.1. The van der Waals surface area contributed by atoms with Crippen LogP contribution in [0.15, 0.2) is 59.4 Å². The van der Waals surface area contributed by atoms with Crippen molar-refractivity contribution in [2.75, 3.05) is 18.5 Å². The van der Waals surface area contributed by atoms with Crippen LogP contribution in [0.5, 0.6) is 0 Å². The normalized spacial score (nSPS) is 17.9. The summed E-state index contributed by atoms with van der Waals surface area (Å²) < 4.78 is 8.41. The Morgan fingerprint density at radius 2 is 1.89 bits per heavy atom. The van der Waals surface area contributed by atoms with E-state index in [2.05, 4.69) is 15.4 Å². The molecule has 1 amide bonds. The Labute approximate surface area is 208 Å². The zero-order valence-corrected chi connectivity index (χ0v) is 20.3. The minimum absolute atomic E-state index is 0.00759. The molecule has 1 aliphatic heterocycles. The van der Waals surface area contributed by atoms with E-state index < -0.39 is 0 Å². The Hall–Kier alpha value is -3.82. The second kappa shape index (κ2) is 10.0. The van der Waals surface area contributed by atoms with E-state index in [9.17, 15) is 14.7 Å². The summed E-state index contributed by atoms with van der Waals surface area (Å²) in [6.45, 7) is 4.91. The maximum absolute atomic E-state index is 12.8. The molecule has 0 aliphatic carbocycles. The summed E-state index contributed by atoms with van der Waals surface area (Å²) >= 11 is 0. The maximum atomic E-state index is 12.8. The van der Waals surface area contributed by atoms with Crippen LogP contribution in [-0.4, -0.2) is 49.5 Å². The summed E-state index contributed by atoms with van der Waals surface area (Å²) in [6, 6.07) is 16.8. The molecule has 0 radical (unpaired) electrons. The summed E-state index contributed by atoms with van der Waals surface area (Å²) in [5.41, 5.74) is 3.97. The van der Waals surface area contributed by atoms with Gasteiger partial charge in [-0.05, 0) is 44.4 Å². The van der Waals surface area contributed by atoms with E-state index in [-0.39, 0.29) is 30.0 Å². The number of nitrogens with zero attached hydrogens (tertiary/aromatic N) is 4. The lowest BCUT2D eigenvalue weighted by Crippen LogP contribution is -2.33. The second-order valence-electron chi connectivity index (χ2n) is 9.36. The third-order valence-electron chi connectivity index (χ3n) is 6.58. The largest absolute Gasteiger partial charge is 0.393 e. The maximum Gasteiger partial charge on any atom is 0.275 e. The molecule has 2 aromatic heterocycles. The number of aliphatic hydroxyl groups excluding tert-OH is 1. The lowest BCUT2D eigenvalue weighted by atomic mass is 9.91. The van der Waals surface area contributed by atoms with Gasteiger partial charge in [-0.1, -0.05) is 42.0 Å². The Kier molecular flexibility index (Phi) is 6.67. The van der Waals surface area contributed by atoms with Gasteiger partial charge in [0.2, 0.25) is 11.7 Å². The molecule has 3 heterocycles. The molecule has 0 saturated carbocycles. The Balaban J connectivity index is 1.38. The van der Waals surface area contributed by atoms with Gasteiger partial charge in [0.1, 0.15) is 6.54 Å². The van der Waals surface area contributed by atoms with Crippen molar-refractivity contribution >= 4 is 17.4 Å². The van der Waals surface area contributed by atoms with Crippen LogP contribution in [0.3, 0.4) is 0 Å². The number of carbonyl (C=O) groups excluding carboxylic acids is 1. The van der Waals surface area contributed by atoms with Gasteiger partial charge in [0.15, 0.2) is 5.82 Å². The molecule has 36 heavy (non-hydrogen) atoms. The lowest BCUT2D eigenvalue weighted by Gasteiger charge is -2.27. The number of nitrogens with one attached hydrogen (secondary N) is 1. The predicted molar refractivity (Wildman–Crippen MR) is 136 cm³/mol. The van der Waals surface area contributed by atoms with Crippen molar-refractivity contribution in [3.05, 3.63) is 81.8 Å². The Morgan fingerprint density at radius 1 is 1.14 bits per heavy atom. The lowest BCUT2D eigenvalue weighted by molar-refractivity contribution is -0.116. The highest BCUT2D eigenvalue weighted by atomic mass is 16.5. The molecule has 5 rings (SSSR count). The number of anilines is 1. The predicted octanol–water partition coefficient (Wildman–Crippen LogP) is 2.75. The molecule has 2 N–H and O–H groups in total. The first-order valence-corrected chi connectivity index (χ1v) is 12.1. The molecule has 186 valence electrons. The molecular formula is C27H29N5O4. The SMILES string of the molecule is Cc1ccc(NC(=O)Cn2c(C)cc(=O)n3nc(-c4ccc(CC5COCCC5O)cc4)nc23)cc1. The Morgan fingerprint density at radius 3 is 2.61 bits per heavy atom. The van der Waals surface area contributed by atoms with Gasteiger partial charge in [-0.15, -0.1) is 5.10 Å². The summed E-state index contributed by atoms with van der Waals surface area (Å²) in [6.07, 6.45) is 1.03. The number of hydrogen-bond acceptors (Lipinski definition) is 6. The summed E-state index contributed by atoms with van der Waals surface area (Å²) in [4.78, 5) is 30.0. The number of rotatable bonds is 6. The van der Waals surface area contributed by atoms with Crippen LogP contribution >= 0.6 is 0 Å². The zero-order valence-electron chi connectivity index (χ0n) is 20.3. The third-order valence-corrected chi connectivity index (χ3v) is 6.58. The van der Waals surface area contributed by atoms with Crippen molar-refractivity contribution in [2.45, 2.75) is 39.3 Å². The molecule has 0 bridgehead atoms. The van der Waals surface area contributed by atoms with Gasteiger partial charge in [-0.25, -0.2) is 0 Å². The minimum atomic E-state index is -0.351. The van der Waals surface area contributed by atoms with E-state index in [0.29, 0.717) is 42.6 Å². The van der Waals surface area contributed by atoms with Gasteiger partial charge in [0, 0.05) is 35.5 Å². The number of carbonyl (C=O) groups is 1. The number of benzene rings is 2. The van der Waals surface area contributed by atoms with E-state index in [1.54, 1.807) is 11.5 Å². The standard InChI is InChI=1S/C27H29N5O4/c1-17-3-9-22(10-4-17)28-24(34)15-31-18(2)13-25(35)32-27(31)29-26(30-32)20-7-5-19(6-8-20)14-21-16-36-12-11-23(21)33/h3-10,13,21,23,33H,11-12,14-16H2,1-2H3,(H,28,34). The highest BCUT2D eigenvalue weighted by molar-refractivity contribution is 5.90. The van der Waals surface area contributed by atoms with Gasteiger partial charge >= 0.3 is 0 Å². The van der Waals surface area contributed by atoms with Gasteiger partial charge in [0.25, 0.3) is 5.56 Å². The smallest absolute Gasteiger partial charge is 0.275 e. The molecule has 0 spiro atoms. The molecule has 4 aromatic rings. The van der Waals surface area contributed by atoms with E-state index in [0.717, 1.165) is 23.1 Å². The fraction of sp³-hybridized carbons (Fsp3) is 0.333. The summed E-state index contributed by atoms with van der Waals surface area (Å²) in [5, 5.41) is 17.5. The van der Waals surface area contributed by atoms with Crippen molar-refractivity contribution in [3.8, 4) is 11.4 Å². The van der Waals surface area contributed by atoms with Crippen LogP contribution in [0, 0.1) is 19.8 Å². The van der Waals surface area contributed by atoms with E-state index in [1.807, 2.05) is 55.5 Å².